The number of ether oxygens (including phenoxy) is 3. The van der Waals surface area contributed by atoms with Crippen molar-refractivity contribution in [2.75, 3.05) is 13.2 Å². The Morgan fingerprint density at radius 2 is 0.470 bits per heavy atom. The third kappa shape index (κ3) is 69.5. The average molecular weight is 1160 g/mol. The maximum atomic E-state index is 13.0. The predicted octanol–water partition coefficient (Wildman–Crippen LogP) is 25.2. The minimum Gasteiger partial charge on any atom is -0.462 e. The first-order valence-corrected chi connectivity index (χ1v) is 36.4. The van der Waals surface area contributed by atoms with Crippen LogP contribution in [0.3, 0.4) is 0 Å². The first-order valence-electron chi connectivity index (χ1n) is 36.4. The van der Waals surface area contributed by atoms with Crippen LogP contribution in [0.2, 0.25) is 0 Å². The Balaban J connectivity index is 4.31. The van der Waals surface area contributed by atoms with Gasteiger partial charge in [-0.15, -0.1) is 0 Å². The highest BCUT2D eigenvalue weighted by Gasteiger charge is 2.19. The van der Waals surface area contributed by atoms with Crippen molar-refractivity contribution in [2.45, 2.75) is 386 Å². The maximum absolute atomic E-state index is 13.0. The van der Waals surface area contributed by atoms with E-state index in [1.54, 1.807) is 0 Å². The highest BCUT2D eigenvalue weighted by Crippen LogP contribution is 2.18. The molecule has 0 N–H and O–H groups in total. The highest BCUT2D eigenvalue weighted by atomic mass is 16.6. The summed E-state index contributed by atoms with van der Waals surface area (Å²) in [4.78, 5) is 38.5. The van der Waals surface area contributed by atoms with Gasteiger partial charge in [0.15, 0.2) is 6.10 Å². The third-order valence-corrected chi connectivity index (χ3v) is 16.2. The van der Waals surface area contributed by atoms with E-state index < -0.39 is 6.10 Å². The maximum Gasteiger partial charge on any atom is 0.306 e. The molecule has 0 amide bonds. The van der Waals surface area contributed by atoms with Crippen molar-refractivity contribution < 1.29 is 28.6 Å². The van der Waals surface area contributed by atoms with Crippen LogP contribution in [0.15, 0.2) is 72.9 Å². The van der Waals surface area contributed by atoms with E-state index in [2.05, 4.69) is 93.7 Å². The van der Waals surface area contributed by atoms with Crippen molar-refractivity contribution in [1.82, 2.24) is 0 Å². The lowest BCUT2D eigenvalue weighted by molar-refractivity contribution is -0.167. The van der Waals surface area contributed by atoms with Crippen LogP contribution in [-0.2, 0) is 28.6 Å². The topological polar surface area (TPSA) is 78.9 Å². The van der Waals surface area contributed by atoms with E-state index in [-0.39, 0.29) is 31.1 Å². The van der Waals surface area contributed by atoms with Crippen molar-refractivity contribution in [3.05, 3.63) is 72.9 Å². The van der Waals surface area contributed by atoms with E-state index in [1.807, 2.05) is 0 Å². The van der Waals surface area contributed by atoms with Crippen molar-refractivity contribution in [3.63, 3.8) is 0 Å². The van der Waals surface area contributed by atoms with Gasteiger partial charge >= 0.3 is 17.9 Å². The minimum absolute atomic E-state index is 0.0737. The van der Waals surface area contributed by atoms with E-state index in [4.69, 9.17) is 14.2 Å². The van der Waals surface area contributed by atoms with Crippen LogP contribution in [0.5, 0.6) is 0 Å². The molecule has 6 nitrogen and oxygen atoms in total. The number of carbonyl (C=O) groups is 3. The fourth-order valence-corrected chi connectivity index (χ4v) is 10.8. The molecule has 1 atom stereocenters. The second-order valence-electron chi connectivity index (χ2n) is 24.5. The Morgan fingerprint density at radius 1 is 0.253 bits per heavy atom. The van der Waals surface area contributed by atoms with Crippen molar-refractivity contribution in [2.24, 2.45) is 0 Å². The fourth-order valence-electron chi connectivity index (χ4n) is 10.8. The monoisotopic (exact) mass is 1160 g/mol. The van der Waals surface area contributed by atoms with Gasteiger partial charge in [-0.1, -0.05) is 344 Å². The Hall–Kier alpha value is -3.15. The molecule has 0 fully saturated rings. The van der Waals surface area contributed by atoms with E-state index in [0.29, 0.717) is 19.3 Å². The summed E-state index contributed by atoms with van der Waals surface area (Å²) in [7, 11) is 0. The smallest absolute Gasteiger partial charge is 0.306 e. The van der Waals surface area contributed by atoms with Crippen molar-refractivity contribution >= 4 is 17.9 Å². The lowest BCUT2D eigenvalue weighted by Crippen LogP contribution is -2.30. The number of allylic oxidation sites excluding steroid dienone is 12. The van der Waals surface area contributed by atoms with Crippen LogP contribution in [0.1, 0.15) is 380 Å². The normalized spacial score (nSPS) is 12.5. The number of rotatable bonds is 67. The molecule has 0 spiro atoms. The van der Waals surface area contributed by atoms with E-state index in [1.165, 1.54) is 250 Å². The molecule has 0 rings (SSSR count). The summed E-state index contributed by atoms with van der Waals surface area (Å²) in [5.74, 6) is -0.855. The summed E-state index contributed by atoms with van der Waals surface area (Å²) in [5.41, 5.74) is 0. The van der Waals surface area contributed by atoms with E-state index >= 15 is 0 Å². The number of unbranched alkanes of at least 4 members (excludes halogenated alkanes) is 44. The molecule has 0 aliphatic heterocycles. The van der Waals surface area contributed by atoms with Gasteiger partial charge in [0, 0.05) is 19.3 Å². The summed E-state index contributed by atoms with van der Waals surface area (Å²) in [5, 5.41) is 0. The van der Waals surface area contributed by atoms with Crippen LogP contribution in [0, 0.1) is 0 Å². The zero-order chi connectivity index (χ0) is 59.9. The largest absolute Gasteiger partial charge is 0.462 e. The summed E-state index contributed by atoms with van der Waals surface area (Å²) >= 11 is 0. The van der Waals surface area contributed by atoms with Gasteiger partial charge in [-0.2, -0.15) is 0 Å². The van der Waals surface area contributed by atoms with Gasteiger partial charge in [-0.05, 0) is 89.9 Å². The zero-order valence-electron chi connectivity index (χ0n) is 55.5. The second kappa shape index (κ2) is 71.3. The highest BCUT2D eigenvalue weighted by molar-refractivity contribution is 5.71. The van der Waals surface area contributed by atoms with Crippen LogP contribution in [0.4, 0.5) is 0 Å². The molecule has 0 aromatic heterocycles. The molecular formula is C77H138O6. The third-order valence-electron chi connectivity index (χ3n) is 16.2. The molecule has 83 heavy (non-hydrogen) atoms. The zero-order valence-corrected chi connectivity index (χ0v) is 55.5. The summed E-state index contributed by atoms with van der Waals surface area (Å²) in [6.45, 7) is 6.58. The van der Waals surface area contributed by atoms with E-state index in [9.17, 15) is 14.4 Å². The Labute approximate surface area is 516 Å². The quantitative estimate of drug-likeness (QED) is 0.0261. The number of carbonyl (C=O) groups excluding carboxylic acids is 3. The molecule has 0 aliphatic carbocycles. The van der Waals surface area contributed by atoms with Crippen molar-refractivity contribution in [3.8, 4) is 0 Å². The predicted molar refractivity (Wildman–Crippen MR) is 362 cm³/mol. The van der Waals surface area contributed by atoms with Crippen molar-refractivity contribution in [1.29, 1.82) is 0 Å². The van der Waals surface area contributed by atoms with Crippen LogP contribution < -0.4 is 0 Å². The van der Waals surface area contributed by atoms with Gasteiger partial charge in [0.1, 0.15) is 13.2 Å². The van der Waals surface area contributed by atoms with Crippen LogP contribution in [-0.4, -0.2) is 37.2 Å². The molecule has 0 aliphatic rings. The molecule has 0 saturated carbocycles. The molecule has 0 heterocycles. The fraction of sp³-hybridized carbons (Fsp3) is 0.805. The van der Waals surface area contributed by atoms with Gasteiger partial charge in [0.05, 0.1) is 0 Å². The number of esters is 3. The first-order chi connectivity index (χ1) is 41.0. The molecular weight excluding hydrogens is 1020 g/mol. The number of hydrogen-bond acceptors (Lipinski definition) is 6. The molecule has 482 valence electrons. The summed E-state index contributed by atoms with van der Waals surface area (Å²) in [6.07, 6.45) is 93.6. The molecule has 0 aromatic rings. The summed E-state index contributed by atoms with van der Waals surface area (Å²) < 4.78 is 17.0. The molecule has 0 saturated heterocycles. The lowest BCUT2D eigenvalue weighted by atomic mass is 10.0. The molecule has 6 heteroatoms. The van der Waals surface area contributed by atoms with Gasteiger partial charge < -0.3 is 14.2 Å². The van der Waals surface area contributed by atoms with Gasteiger partial charge in [-0.25, -0.2) is 0 Å². The van der Waals surface area contributed by atoms with Gasteiger partial charge in [-0.3, -0.25) is 14.4 Å². The lowest BCUT2D eigenvalue weighted by Gasteiger charge is -2.18. The Bertz CT molecular complexity index is 1520. The SMILES string of the molecule is CC/C=C\C/C=C\C/C=C\C/C=C\C/C=C\CCCCCCCCCCCCCC(=O)OCC(COC(=O)CCCCCCCCC/C=C\CCCCCCCC)OC(=O)CCCCCCCCCCCCCCCCCCCCCCC. The summed E-state index contributed by atoms with van der Waals surface area (Å²) in [6, 6.07) is 0. The number of hydrogen-bond donors (Lipinski definition) is 0. The minimum atomic E-state index is -0.778. The molecule has 0 aromatic carbocycles. The van der Waals surface area contributed by atoms with Gasteiger partial charge in [0.25, 0.3) is 0 Å². The van der Waals surface area contributed by atoms with Gasteiger partial charge in [0.2, 0.25) is 0 Å². The first kappa shape index (κ1) is 79.8. The standard InChI is InChI=1S/C77H138O6/c1-4-7-10-13-16-19-22-25-28-31-33-35-36-37-38-39-40-42-43-46-49-52-55-58-61-64-67-70-76(79)82-73-74(72-81-75(78)69-66-63-60-57-54-51-48-45-30-27-24-21-18-15-12-9-6-3)83-77(80)71-68-65-62-59-56-53-50-47-44-41-34-32-29-26-23-20-17-14-11-8-5-2/h7,10,16,19,25,27-28,30,33,35,37-38,74H,4-6,8-9,11-15,17-18,20-24,26,29,31-32,34,36,39-73H2,1-3H3/b10-7-,19-16-,28-25-,30-27-,35-33-,38-37-. The van der Waals surface area contributed by atoms with E-state index in [0.717, 1.165) is 89.9 Å². The molecule has 0 radical (unpaired) electrons. The Kier molecular flexibility index (Phi) is 68.6. The molecule has 1 unspecified atom stereocenters. The average Bonchev–Trinajstić information content (AvgIpc) is 3.49. The van der Waals surface area contributed by atoms with Crippen LogP contribution in [0.25, 0.3) is 0 Å². The second-order valence-corrected chi connectivity index (χ2v) is 24.5. The molecule has 0 bridgehead atoms. The Morgan fingerprint density at radius 3 is 0.747 bits per heavy atom. The van der Waals surface area contributed by atoms with Crippen LogP contribution >= 0.6 is 0 Å².